The number of rotatable bonds is 4. The summed E-state index contributed by atoms with van der Waals surface area (Å²) in [6, 6.07) is 9.54. The van der Waals surface area contributed by atoms with E-state index in [2.05, 4.69) is 0 Å². The molecule has 0 bridgehead atoms. The Hall–Kier alpha value is -1.64. The summed E-state index contributed by atoms with van der Waals surface area (Å²) in [5.41, 5.74) is 0.970. The lowest BCUT2D eigenvalue weighted by Crippen LogP contribution is -2.35. The quantitative estimate of drug-likeness (QED) is 0.573. The van der Waals surface area contributed by atoms with E-state index in [9.17, 15) is 9.59 Å². The van der Waals surface area contributed by atoms with E-state index < -0.39 is 0 Å². The van der Waals surface area contributed by atoms with Gasteiger partial charge in [-0.2, -0.15) is 0 Å². The maximum atomic E-state index is 11.6. The molecule has 0 saturated heterocycles. The zero-order valence-corrected chi connectivity index (χ0v) is 8.96. The summed E-state index contributed by atoms with van der Waals surface area (Å²) in [5, 5.41) is 0. The number of carbonyl (C=O) groups excluding carboxylic acids is 2. The minimum absolute atomic E-state index is 0.122. The van der Waals surface area contributed by atoms with Crippen molar-refractivity contribution in [3.05, 3.63) is 35.9 Å². The van der Waals surface area contributed by atoms with E-state index in [0.717, 1.165) is 24.7 Å². The van der Waals surface area contributed by atoms with Crippen molar-refractivity contribution in [2.24, 2.45) is 11.8 Å². The van der Waals surface area contributed by atoms with Gasteiger partial charge in [-0.3, -0.25) is 4.79 Å². The van der Waals surface area contributed by atoms with Crippen molar-refractivity contribution in [1.29, 1.82) is 0 Å². The third-order valence-electron chi connectivity index (χ3n) is 3.03. The fourth-order valence-electron chi connectivity index (χ4n) is 1.82. The summed E-state index contributed by atoms with van der Waals surface area (Å²) >= 11 is 0. The van der Waals surface area contributed by atoms with E-state index in [1.165, 1.54) is 0 Å². The van der Waals surface area contributed by atoms with Gasteiger partial charge in [0.1, 0.15) is 12.9 Å². The van der Waals surface area contributed by atoms with Crippen LogP contribution in [0.15, 0.2) is 30.3 Å². The van der Waals surface area contributed by atoms with Crippen LogP contribution in [0.4, 0.5) is 0 Å². The largest absolute Gasteiger partial charge is 0.461 e. The molecule has 0 aromatic heterocycles. The molecular weight excluding hydrogens is 204 g/mol. The van der Waals surface area contributed by atoms with Crippen molar-refractivity contribution in [3.63, 3.8) is 0 Å². The van der Waals surface area contributed by atoms with Gasteiger partial charge < -0.3 is 9.53 Å². The fraction of sp³-hybridized carbons (Fsp3) is 0.385. The Morgan fingerprint density at radius 3 is 2.62 bits per heavy atom. The van der Waals surface area contributed by atoms with Crippen molar-refractivity contribution in [2.75, 3.05) is 0 Å². The van der Waals surface area contributed by atoms with Crippen LogP contribution >= 0.6 is 0 Å². The molecule has 3 heteroatoms. The first-order valence-electron chi connectivity index (χ1n) is 5.47. The number of esters is 1. The lowest BCUT2D eigenvalue weighted by atomic mass is 9.75. The Bertz CT molecular complexity index is 372. The predicted molar refractivity (Wildman–Crippen MR) is 58.5 cm³/mol. The highest BCUT2D eigenvalue weighted by molar-refractivity contribution is 5.78. The van der Waals surface area contributed by atoms with Crippen molar-refractivity contribution < 1.29 is 14.3 Å². The van der Waals surface area contributed by atoms with Crippen molar-refractivity contribution >= 4 is 12.3 Å². The summed E-state index contributed by atoms with van der Waals surface area (Å²) in [6.07, 6.45) is 2.45. The van der Waals surface area contributed by atoms with Crippen LogP contribution in [0.25, 0.3) is 0 Å². The first-order chi connectivity index (χ1) is 7.81. The number of hydrogen-bond acceptors (Lipinski definition) is 3. The molecule has 3 nitrogen and oxygen atoms in total. The molecule has 0 aliphatic heterocycles. The van der Waals surface area contributed by atoms with Gasteiger partial charge in [0.05, 0.1) is 5.92 Å². The molecule has 1 aromatic rings. The molecule has 0 N–H and O–H groups in total. The van der Waals surface area contributed by atoms with Crippen LogP contribution in [-0.2, 0) is 20.9 Å². The lowest BCUT2D eigenvalue weighted by Gasteiger charge is -2.30. The van der Waals surface area contributed by atoms with Gasteiger partial charge in [-0.25, -0.2) is 0 Å². The molecule has 0 heterocycles. The number of aldehydes is 1. The van der Waals surface area contributed by atoms with E-state index >= 15 is 0 Å². The zero-order chi connectivity index (χ0) is 11.4. The van der Waals surface area contributed by atoms with Gasteiger partial charge in [0.15, 0.2) is 0 Å². The number of hydrogen-bond donors (Lipinski definition) is 0. The third-order valence-corrected chi connectivity index (χ3v) is 3.03. The molecule has 0 amide bonds. The van der Waals surface area contributed by atoms with E-state index in [0.29, 0.717) is 6.61 Å². The van der Waals surface area contributed by atoms with Gasteiger partial charge in [-0.1, -0.05) is 30.3 Å². The molecule has 0 spiro atoms. The van der Waals surface area contributed by atoms with Crippen LogP contribution in [0.3, 0.4) is 0 Å². The average Bonchev–Trinajstić information content (AvgIpc) is 2.27. The molecule has 0 unspecified atom stereocenters. The van der Waals surface area contributed by atoms with Gasteiger partial charge in [0.2, 0.25) is 0 Å². The van der Waals surface area contributed by atoms with Crippen LogP contribution in [0, 0.1) is 11.8 Å². The first-order valence-corrected chi connectivity index (χ1v) is 5.47. The molecule has 2 atom stereocenters. The summed E-state index contributed by atoms with van der Waals surface area (Å²) < 4.78 is 5.17. The monoisotopic (exact) mass is 218 g/mol. The normalized spacial score (nSPS) is 23.2. The predicted octanol–water partition coefficient (Wildman–Crippen LogP) is 1.95. The van der Waals surface area contributed by atoms with E-state index in [4.69, 9.17) is 4.74 Å². The highest BCUT2D eigenvalue weighted by atomic mass is 16.5. The van der Waals surface area contributed by atoms with Crippen LogP contribution < -0.4 is 0 Å². The average molecular weight is 218 g/mol. The zero-order valence-electron chi connectivity index (χ0n) is 8.96. The lowest BCUT2D eigenvalue weighted by molar-refractivity contribution is -0.157. The maximum Gasteiger partial charge on any atom is 0.309 e. The number of carbonyl (C=O) groups is 2. The van der Waals surface area contributed by atoms with Crippen LogP contribution in [0.2, 0.25) is 0 Å². The SMILES string of the molecule is O=C[C@H]1CC[C@H]1C(=O)OCc1ccccc1. The Balaban J connectivity index is 1.82. The highest BCUT2D eigenvalue weighted by Gasteiger charge is 2.37. The Labute approximate surface area is 94.4 Å². The van der Waals surface area contributed by atoms with Gasteiger partial charge in [0, 0.05) is 5.92 Å². The maximum absolute atomic E-state index is 11.6. The summed E-state index contributed by atoms with van der Waals surface area (Å²) in [7, 11) is 0. The second kappa shape index (κ2) is 4.92. The molecule has 16 heavy (non-hydrogen) atoms. The smallest absolute Gasteiger partial charge is 0.309 e. The summed E-state index contributed by atoms with van der Waals surface area (Å²) in [4.78, 5) is 22.2. The minimum Gasteiger partial charge on any atom is -0.461 e. The molecule has 84 valence electrons. The van der Waals surface area contributed by atoms with E-state index in [1.54, 1.807) is 0 Å². The Morgan fingerprint density at radius 2 is 2.06 bits per heavy atom. The molecule has 1 aliphatic rings. The second-order valence-corrected chi connectivity index (χ2v) is 4.08. The summed E-state index contributed by atoms with van der Waals surface area (Å²) in [5.74, 6) is -0.573. The van der Waals surface area contributed by atoms with E-state index in [1.807, 2.05) is 30.3 Å². The third kappa shape index (κ3) is 2.30. The Kier molecular flexibility index (Phi) is 3.34. The second-order valence-electron chi connectivity index (χ2n) is 4.08. The first kappa shape index (κ1) is 10.9. The van der Waals surface area contributed by atoms with Crippen molar-refractivity contribution in [2.45, 2.75) is 19.4 Å². The summed E-state index contributed by atoms with van der Waals surface area (Å²) in [6.45, 7) is 0.293. The number of ether oxygens (including phenoxy) is 1. The van der Waals surface area contributed by atoms with Gasteiger partial charge in [-0.15, -0.1) is 0 Å². The molecule has 2 rings (SSSR count). The van der Waals surface area contributed by atoms with Crippen molar-refractivity contribution in [3.8, 4) is 0 Å². The standard InChI is InChI=1S/C13H14O3/c14-8-11-6-7-12(11)13(15)16-9-10-4-2-1-3-5-10/h1-5,8,11-12H,6-7,9H2/t11-,12-/m1/s1. The van der Waals surface area contributed by atoms with Crippen LogP contribution in [0.5, 0.6) is 0 Å². The van der Waals surface area contributed by atoms with Crippen molar-refractivity contribution in [1.82, 2.24) is 0 Å². The molecule has 1 aromatic carbocycles. The molecule has 0 radical (unpaired) electrons. The molecule has 1 aliphatic carbocycles. The van der Waals surface area contributed by atoms with Gasteiger partial charge in [-0.05, 0) is 18.4 Å². The van der Waals surface area contributed by atoms with E-state index in [-0.39, 0.29) is 17.8 Å². The molecule has 1 saturated carbocycles. The Morgan fingerprint density at radius 1 is 1.31 bits per heavy atom. The highest BCUT2D eigenvalue weighted by Crippen LogP contribution is 2.33. The number of benzene rings is 1. The fourth-order valence-corrected chi connectivity index (χ4v) is 1.82. The van der Waals surface area contributed by atoms with Crippen LogP contribution in [0.1, 0.15) is 18.4 Å². The minimum atomic E-state index is -0.243. The van der Waals surface area contributed by atoms with Gasteiger partial charge in [0.25, 0.3) is 0 Å². The molecular formula is C13H14O3. The molecule has 1 fully saturated rings. The topological polar surface area (TPSA) is 43.4 Å². The van der Waals surface area contributed by atoms with Crippen LogP contribution in [-0.4, -0.2) is 12.3 Å². The van der Waals surface area contributed by atoms with Gasteiger partial charge >= 0.3 is 5.97 Å².